The van der Waals surface area contributed by atoms with Crippen molar-refractivity contribution in [2.75, 3.05) is 25.4 Å². The van der Waals surface area contributed by atoms with Gasteiger partial charge in [-0.15, -0.1) is 0 Å². The Hall–Kier alpha value is -4.89. The number of anilines is 1. The van der Waals surface area contributed by atoms with Gasteiger partial charge < -0.3 is 15.2 Å². The Morgan fingerprint density at radius 1 is 0.974 bits per heavy atom. The summed E-state index contributed by atoms with van der Waals surface area (Å²) < 4.78 is 12.0. The first-order chi connectivity index (χ1) is 18.4. The van der Waals surface area contributed by atoms with Crippen molar-refractivity contribution in [1.29, 1.82) is 0 Å². The van der Waals surface area contributed by atoms with Crippen molar-refractivity contribution in [3.8, 4) is 22.8 Å². The molecule has 1 amide bonds. The summed E-state index contributed by atoms with van der Waals surface area (Å²) in [6.07, 6.45) is 1.30. The molecule has 0 bridgehead atoms. The van der Waals surface area contributed by atoms with Crippen LogP contribution in [0.15, 0.2) is 65.6 Å². The predicted molar refractivity (Wildman–Crippen MR) is 145 cm³/mol. The number of nitrogens with one attached hydrogen (secondary N) is 1. The Morgan fingerprint density at radius 3 is 2.47 bits per heavy atom. The summed E-state index contributed by atoms with van der Waals surface area (Å²) in [6.45, 7) is 0. The molecule has 0 radical (unpaired) electrons. The topological polar surface area (TPSA) is 126 Å². The van der Waals surface area contributed by atoms with E-state index < -0.39 is 11.5 Å². The normalized spacial score (nSPS) is 11.9. The molecule has 1 aliphatic rings. The molecule has 0 unspecified atom stereocenters. The molecule has 38 heavy (non-hydrogen) atoms. The third kappa shape index (κ3) is 3.18. The lowest BCUT2D eigenvalue weighted by Crippen LogP contribution is -2.35. The molecular weight excluding hydrogens is 508 g/mol. The van der Waals surface area contributed by atoms with Crippen molar-refractivity contribution in [3.63, 3.8) is 0 Å². The third-order valence-electron chi connectivity index (χ3n) is 6.69. The lowest BCUT2D eigenvalue weighted by molar-refractivity contribution is 0.100. The number of hydrogen-bond donors (Lipinski definition) is 2. The maximum absolute atomic E-state index is 14.0. The highest BCUT2D eigenvalue weighted by atomic mass is 35.5. The molecule has 0 saturated carbocycles. The summed E-state index contributed by atoms with van der Waals surface area (Å²) in [5.41, 5.74) is 10.5. The number of halogens is 1. The highest BCUT2D eigenvalue weighted by Crippen LogP contribution is 2.42. The van der Waals surface area contributed by atoms with Crippen molar-refractivity contribution < 1.29 is 19.1 Å². The number of carbonyl (C=O) groups excluding carboxylic acids is 2. The van der Waals surface area contributed by atoms with Gasteiger partial charge in [0.15, 0.2) is 17.3 Å². The van der Waals surface area contributed by atoms with Crippen LogP contribution in [0.2, 0.25) is 5.02 Å². The molecule has 2 aromatic heterocycles. The molecule has 3 N–H and O–H groups in total. The summed E-state index contributed by atoms with van der Waals surface area (Å²) in [5.74, 6) is -0.527. The number of hydrogen-bond acceptors (Lipinski definition) is 7. The molecule has 188 valence electrons. The standard InChI is InChI=1S/C28H19ClN4O5/c1-37-19-11-10-15-20-24(13-6-3-4-7-14(13)25(20)34)33(28(36)21(15)26(19)38-2)32-27(35)17-12-31-23-16(22(17)30)8-5-9-18(23)29/h3-12H,1-2H3,(H2,30,31)(H,32,35). The summed E-state index contributed by atoms with van der Waals surface area (Å²) in [6, 6.07) is 15.2. The van der Waals surface area contributed by atoms with E-state index in [0.29, 0.717) is 38.2 Å². The molecule has 6 rings (SSSR count). The lowest BCUT2D eigenvalue weighted by Gasteiger charge is -2.18. The van der Waals surface area contributed by atoms with Gasteiger partial charge in [-0.25, -0.2) is 4.68 Å². The lowest BCUT2D eigenvalue weighted by atomic mass is 10.0. The number of carbonyl (C=O) groups is 2. The van der Waals surface area contributed by atoms with Crippen molar-refractivity contribution in [2.45, 2.75) is 0 Å². The number of pyridine rings is 2. The fraction of sp³-hybridized carbons (Fsp3) is 0.0714. The number of benzene rings is 3. The highest BCUT2D eigenvalue weighted by Gasteiger charge is 2.34. The number of methoxy groups -OCH3 is 2. The number of amides is 1. The van der Waals surface area contributed by atoms with E-state index in [2.05, 4.69) is 10.4 Å². The minimum atomic E-state index is -0.695. The first kappa shape index (κ1) is 23.5. The smallest absolute Gasteiger partial charge is 0.281 e. The van der Waals surface area contributed by atoms with Crippen molar-refractivity contribution >= 4 is 50.7 Å². The predicted octanol–water partition coefficient (Wildman–Crippen LogP) is 4.40. The van der Waals surface area contributed by atoms with E-state index >= 15 is 0 Å². The molecule has 1 aliphatic carbocycles. The molecule has 0 saturated heterocycles. The first-order valence-electron chi connectivity index (χ1n) is 11.5. The largest absolute Gasteiger partial charge is 0.493 e. The quantitative estimate of drug-likeness (QED) is 0.349. The molecule has 2 heterocycles. The van der Waals surface area contributed by atoms with Crippen molar-refractivity contribution in [3.05, 3.63) is 92.9 Å². The average molecular weight is 527 g/mol. The van der Waals surface area contributed by atoms with Gasteiger partial charge in [0.1, 0.15) is 0 Å². The molecule has 0 spiro atoms. The van der Waals surface area contributed by atoms with Crippen LogP contribution in [-0.4, -0.2) is 35.6 Å². The van der Waals surface area contributed by atoms with Crippen LogP contribution in [-0.2, 0) is 0 Å². The Balaban J connectivity index is 1.63. The highest BCUT2D eigenvalue weighted by molar-refractivity contribution is 6.35. The van der Waals surface area contributed by atoms with Gasteiger partial charge in [-0.3, -0.25) is 24.8 Å². The summed E-state index contributed by atoms with van der Waals surface area (Å²) in [5, 5.41) is 1.35. The Morgan fingerprint density at radius 2 is 1.74 bits per heavy atom. The number of ether oxygens (including phenoxy) is 2. The summed E-state index contributed by atoms with van der Waals surface area (Å²) in [7, 11) is 2.84. The van der Waals surface area contributed by atoms with E-state index in [4.69, 9.17) is 26.8 Å². The number of para-hydroxylation sites is 1. The van der Waals surface area contributed by atoms with E-state index in [1.807, 2.05) is 0 Å². The second kappa shape index (κ2) is 8.60. The van der Waals surface area contributed by atoms with Crippen LogP contribution in [0.4, 0.5) is 5.69 Å². The van der Waals surface area contributed by atoms with Crippen LogP contribution in [0, 0.1) is 0 Å². The van der Waals surface area contributed by atoms with Crippen LogP contribution in [0.1, 0.15) is 26.3 Å². The Labute approximate surface area is 220 Å². The Bertz CT molecular complexity index is 1910. The average Bonchev–Trinajstić information content (AvgIpc) is 3.23. The van der Waals surface area contributed by atoms with E-state index in [1.165, 1.54) is 20.4 Å². The van der Waals surface area contributed by atoms with Crippen molar-refractivity contribution in [2.24, 2.45) is 0 Å². The van der Waals surface area contributed by atoms with Gasteiger partial charge in [-0.1, -0.05) is 48.0 Å². The molecule has 0 aliphatic heterocycles. The van der Waals surface area contributed by atoms with Gasteiger partial charge in [0.25, 0.3) is 11.5 Å². The van der Waals surface area contributed by atoms with Crippen LogP contribution in [0.3, 0.4) is 0 Å². The number of nitrogen functional groups attached to an aromatic ring is 1. The maximum Gasteiger partial charge on any atom is 0.281 e. The minimum Gasteiger partial charge on any atom is -0.493 e. The zero-order chi connectivity index (χ0) is 26.7. The minimum absolute atomic E-state index is 0.0377. The number of fused-ring (bicyclic) bond motifs is 6. The molecular formula is C28H19ClN4O5. The fourth-order valence-corrected chi connectivity index (χ4v) is 5.19. The number of nitrogens with zero attached hydrogens (tertiary/aromatic N) is 2. The molecule has 0 fully saturated rings. The number of ketones is 1. The van der Waals surface area contributed by atoms with Gasteiger partial charge >= 0.3 is 0 Å². The van der Waals surface area contributed by atoms with Crippen molar-refractivity contribution in [1.82, 2.24) is 9.66 Å². The second-order valence-corrected chi connectivity index (χ2v) is 9.03. The molecule has 9 nitrogen and oxygen atoms in total. The van der Waals surface area contributed by atoms with Crippen LogP contribution < -0.4 is 26.2 Å². The van der Waals surface area contributed by atoms with Crippen LogP contribution in [0.25, 0.3) is 32.9 Å². The van der Waals surface area contributed by atoms with E-state index in [9.17, 15) is 14.4 Å². The van der Waals surface area contributed by atoms with Crippen LogP contribution in [0.5, 0.6) is 11.5 Å². The zero-order valence-electron chi connectivity index (χ0n) is 20.2. The van der Waals surface area contributed by atoms with Gasteiger partial charge in [-0.05, 0) is 18.2 Å². The van der Waals surface area contributed by atoms with Gasteiger partial charge in [-0.2, -0.15) is 0 Å². The van der Waals surface area contributed by atoms with Crippen LogP contribution >= 0.6 is 11.6 Å². The third-order valence-corrected chi connectivity index (χ3v) is 7.00. The van der Waals surface area contributed by atoms with Gasteiger partial charge in [0.2, 0.25) is 0 Å². The Kier molecular flexibility index (Phi) is 5.32. The van der Waals surface area contributed by atoms with Gasteiger partial charge in [0.05, 0.1) is 52.7 Å². The molecule has 3 aromatic carbocycles. The zero-order valence-corrected chi connectivity index (χ0v) is 20.9. The second-order valence-electron chi connectivity index (χ2n) is 8.62. The number of rotatable bonds is 4. The van der Waals surface area contributed by atoms with E-state index in [0.717, 1.165) is 4.68 Å². The maximum atomic E-state index is 14.0. The fourth-order valence-electron chi connectivity index (χ4n) is 4.96. The number of aromatic nitrogens is 2. The molecule has 5 aromatic rings. The summed E-state index contributed by atoms with van der Waals surface area (Å²) in [4.78, 5) is 45.4. The first-order valence-corrected chi connectivity index (χ1v) is 11.9. The van der Waals surface area contributed by atoms with Gasteiger partial charge in [0, 0.05) is 28.1 Å². The number of nitrogens with two attached hydrogens (primary N) is 1. The molecule has 0 atom stereocenters. The SMILES string of the molecule is COc1ccc2c3c(n(NC(=O)c4cnc5c(Cl)cccc5c4N)c(=O)c2c1OC)-c1ccccc1C3=O. The van der Waals surface area contributed by atoms with E-state index in [-0.39, 0.29) is 39.4 Å². The molecule has 10 heteroatoms. The monoisotopic (exact) mass is 526 g/mol. The summed E-state index contributed by atoms with van der Waals surface area (Å²) >= 11 is 6.23. The van der Waals surface area contributed by atoms with E-state index in [1.54, 1.807) is 54.6 Å².